The van der Waals surface area contributed by atoms with Gasteiger partial charge in [-0.3, -0.25) is 4.79 Å². The van der Waals surface area contributed by atoms with E-state index in [1.54, 1.807) is 11.0 Å². The van der Waals surface area contributed by atoms with Crippen LogP contribution in [-0.4, -0.2) is 42.2 Å². The van der Waals surface area contributed by atoms with Crippen molar-refractivity contribution in [2.24, 2.45) is 0 Å². The Labute approximate surface area is 124 Å². The standard InChI is InChI=1S/C16H22FNO3/c1-21-14-9-5-8-13(17)15(14)16(20)18(10-11-19)12-6-3-2-4-7-12/h5,8-9,12,19H,2-4,6-7,10-11H2,1H3. The van der Waals surface area contributed by atoms with E-state index >= 15 is 0 Å². The van der Waals surface area contributed by atoms with Crippen LogP contribution in [0.2, 0.25) is 0 Å². The van der Waals surface area contributed by atoms with Gasteiger partial charge in [-0.15, -0.1) is 0 Å². The molecule has 0 saturated heterocycles. The first-order valence-electron chi connectivity index (χ1n) is 7.43. The minimum atomic E-state index is -0.585. The van der Waals surface area contributed by atoms with E-state index in [4.69, 9.17) is 4.74 Å². The highest BCUT2D eigenvalue weighted by molar-refractivity contribution is 5.97. The maximum Gasteiger partial charge on any atom is 0.260 e. The van der Waals surface area contributed by atoms with Crippen molar-refractivity contribution in [2.45, 2.75) is 38.1 Å². The molecule has 1 aliphatic rings. The van der Waals surface area contributed by atoms with Crippen LogP contribution in [0, 0.1) is 5.82 Å². The zero-order valence-corrected chi connectivity index (χ0v) is 12.3. The van der Waals surface area contributed by atoms with Crippen molar-refractivity contribution < 1.29 is 19.0 Å². The molecule has 21 heavy (non-hydrogen) atoms. The molecule has 1 aromatic carbocycles. The van der Waals surface area contributed by atoms with Crippen molar-refractivity contribution in [1.29, 1.82) is 0 Å². The Morgan fingerprint density at radius 1 is 1.38 bits per heavy atom. The van der Waals surface area contributed by atoms with Crippen LogP contribution in [0.3, 0.4) is 0 Å². The zero-order valence-electron chi connectivity index (χ0n) is 12.3. The Morgan fingerprint density at radius 3 is 2.71 bits per heavy atom. The number of nitrogens with zero attached hydrogens (tertiary/aromatic N) is 1. The van der Waals surface area contributed by atoms with Gasteiger partial charge in [0.05, 0.1) is 13.7 Å². The number of benzene rings is 1. The number of hydrogen-bond acceptors (Lipinski definition) is 3. The molecule has 5 heteroatoms. The average Bonchev–Trinajstić information content (AvgIpc) is 2.52. The highest BCUT2D eigenvalue weighted by Crippen LogP contribution is 2.28. The molecule has 2 rings (SSSR count). The fourth-order valence-electron chi connectivity index (χ4n) is 2.98. The summed E-state index contributed by atoms with van der Waals surface area (Å²) in [4.78, 5) is 14.3. The van der Waals surface area contributed by atoms with Crippen LogP contribution in [0.15, 0.2) is 18.2 Å². The first-order chi connectivity index (χ1) is 10.2. The van der Waals surface area contributed by atoms with Gasteiger partial charge < -0.3 is 14.7 Å². The summed E-state index contributed by atoms with van der Waals surface area (Å²) in [5, 5.41) is 9.24. The van der Waals surface area contributed by atoms with Gasteiger partial charge in [-0.2, -0.15) is 0 Å². The topological polar surface area (TPSA) is 49.8 Å². The maximum absolute atomic E-state index is 14.1. The van der Waals surface area contributed by atoms with Gasteiger partial charge >= 0.3 is 0 Å². The molecule has 1 saturated carbocycles. The Morgan fingerprint density at radius 2 is 2.10 bits per heavy atom. The smallest absolute Gasteiger partial charge is 0.260 e. The molecule has 0 heterocycles. The van der Waals surface area contributed by atoms with Crippen molar-refractivity contribution in [3.63, 3.8) is 0 Å². The van der Waals surface area contributed by atoms with E-state index in [9.17, 15) is 14.3 Å². The van der Waals surface area contributed by atoms with E-state index in [-0.39, 0.29) is 30.5 Å². The minimum absolute atomic E-state index is 0.0426. The number of aliphatic hydroxyl groups excluding tert-OH is 1. The minimum Gasteiger partial charge on any atom is -0.496 e. The summed E-state index contributed by atoms with van der Waals surface area (Å²) in [5.41, 5.74) is -0.0426. The number of rotatable bonds is 5. The van der Waals surface area contributed by atoms with Crippen LogP contribution in [-0.2, 0) is 0 Å². The van der Waals surface area contributed by atoms with Gasteiger partial charge in [0, 0.05) is 12.6 Å². The summed E-state index contributed by atoms with van der Waals surface area (Å²) < 4.78 is 19.2. The average molecular weight is 295 g/mol. The third-order valence-electron chi connectivity index (χ3n) is 4.03. The lowest BCUT2D eigenvalue weighted by atomic mass is 9.93. The second-order valence-electron chi connectivity index (χ2n) is 5.33. The van der Waals surface area contributed by atoms with E-state index in [1.807, 2.05) is 0 Å². The Balaban J connectivity index is 2.29. The molecule has 1 aromatic rings. The van der Waals surface area contributed by atoms with E-state index in [0.29, 0.717) is 0 Å². The van der Waals surface area contributed by atoms with Gasteiger partial charge in [0.1, 0.15) is 17.1 Å². The van der Waals surface area contributed by atoms with Gasteiger partial charge in [0.15, 0.2) is 0 Å². The van der Waals surface area contributed by atoms with Crippen LogP contribution in [0.5, 0.6) is 5.75 Å². The molecular weight excluding hydrogens is 273 g/mol. The largest absolute Gasteiger partial charge is 0.496 e. The number of aliphatic hydroxyl groups is 1. The molecule has 4 nitrogen and oxygen atoms in total. The monoisotopic (exact) mass is 295 g/mol. The van der Waals surface area contributed by atoms with Gasteiger partial charge in [-0.05, 0) is 25.0 Å². The number of ether oxygens (including phenoxy) is 1. The lowest BCUT2D eigenvalue weighted by Crippen LogP contribution is -2.43. The molecule has 1 N–H and O–H groups in total. The molecule has 1 amide bonds. The molecule has 0 atom stereocenters. The highest BCUT2D eigenvalue weighted by atomic mass is 19.1. The van der Waals surface area contributed by atoms with Crippen LogP contribution >= 0.6 is 0 Å². The van der Waals surface area contributed by atoms with Crippen molar-refractivity contribution in [3.05, 3.63) is 29.6 Å². The molecule has 1 aliphatic carbocycles. The Bertz CT molecular complexity index is 486. The fraction of sp³-hybridized carbons (Fsp3) is 0.562. The number of carbonyl (C=O) groups excluding carboxylic acids is 1. The molecule has 116 valence electrons. The predicted octanol–water partition coefficient (Wildman–Crippen LogP) is 2.60. The third kappa shape index (κ3) is 3.53. The molecule has 0 bridgehead atoms. The number of amides is 1. The third-order valence-corrected chi connectivity index (χ3v) is 4.03. The molecular formula is C16H22FNO3. The maximum atomic E-state index is 14.1. The van der Waals surface area contributed by atoms with Crippen molar-refractivity contribution in [2.75, 3.05) is 20.3 Å². The fourth-order valence-corrected chi connectivity index (χ4v) is 2.98. The number of methoxy groups -OCH3 is 1. The first-order valence-corrected chi connectivity index (χ1v) is 7.43. The normalized spacial score (nSPS) is 15.8. The zero-order chi connectivity index (χ0) is 15.2. The molecule has 1 fully saturated rings. The van der Waals surface area contributed by atoms with E-state index in [1.165, 1.54) is 25.7 Å². The summed E-state index contributed by atoms with van der Waals surface area (Å²) in [7, 11) is 1.42. The molecule has 0 unspecified atom stereocenters. The molecule has 0 radical (unpaired) electrons. The summed E-state index contributed by atoms with van der Waals surface area (Å²) in [6.45, 7) is 0.0972. The van der Waals surface area contributed by atoms with E-state index < -0.39 is 11.7 Å². The quantitative estimate of drug-likeness (QED) is 0.908. The van der Waals surface area contributed by atoms with Gasteiger partial charge in [0.25, 0.3) is 5.91 Å². The number of carbonyl (C=O) groups is 1. The number of halogens is 1. The van der Waals surface area contributed by atoms with Gasteiger partial charge in [-0.1, -0.05) is 25.3 Å². The van der Waals surface area contributed by atoms with E-state index in [2.05, 4.69) is 0 Å². The van der Waals surface area contributed by atoms with Crippen LogP contribution in [0.1, 0.15) is 42.5 Å². The predicted molar refractivity (Wildman–Crippen MR) is 77.9 cm³/mol. The van der Waals surface area contributed by atoms with Crippen LogP contribution in [0.4, 0.5) is 4.39 Å². The van der Waals surface area contributed by atoms with Gasteiger partial charge in [0.2, 0.25) is 0 Å². The lowest BCUT2D eigenvalue weighted by molar-refractivity contribution is 0.0577. The SMILES string of the molecule is COc1cccc(F)c1C(=O)N(CCO)C1CCCCC1. The Kier molecular flexibility index (Phi) is 5.56. The highest BCUT2D eigenvalue weighted by Gasteiger charge is 2.29. The lowest BCUT2D eigenvalue weighted by Gasteiger charge is -2.34. The van der Waals surface area contributed by atoms with Crippen molar-refractivity contribution >= 4 is 5.91 Å². The summed E-state index contributed by atoms with van der Waals surface area (Å²) in [5.74, 6) is -0.747. The molecule has 0 aromatic heterocycles. The summed E-state index contributed by atoms with van der Waals surface area (Å²) in [6.07, 6.45) is 5.11. The van der Waals surface area contributed by atoms with Crippen LogP contribution < -0.4 is 4.74 Å². The van der Waals surface area contributed by atoms with Crippen molar-refractivity contribution in [3.8, 4) is 5.75 Å². The van der Waals surface area contributed by atoms with E-state index in [0.717, 1.165) is 25.7 Å². The van der Waals surface area contributed by atoms with Crippen LogP contribution in [0.25, 0.3) is 0 Å². The second kappa shape index (κ2) is 7.41. The summed E-state index contributed by atoms with van der Waals surface area (Å²) >= 11 is 0. The molecule has 0 spiro atoms. The number of hydrogen-bond donors (Lipinski definition) is 1. The second-order valence-corrected chi connectivity index (χ2v) is 5.33. The van der Waals surface area contributed by atoms with Gasteiger partial charge in [-0.25, -0.2) is 4.39 Å². The summed E-state index contributed by atoms with van der Waals surface area (Å²) in [6, 6.07) is 4.42. The first kappa shape index (κ1) is 15.8. The molecule has 0 aliphatic heterocycles. The van der Waals surface area contributed by atoms with Crippen molar-refractivity contribution in [1.82, 2.24) is 4.90 Å². The Hall–Kier alpha value is -1.62.